The van der Waals surface area contributed by atoms with Crippen LogP contribution in [0.4, 0.5) is 5.69 Å². The molecule has 0 saturated heterocycles. The number of unbranched alkanes of at least 4 members (excludes halogenated alkanes) is 1. The monoisotopic (exact) mass is 441 g/mol. The summed E-state index contributed by atoms with van der Waals surface area (Å²) >= 11 is 0. The SMILES string of the molecule is CCCCc1ccc(C(=O)Nc2ccc(-c3ccc(C(=O)[C@@H]4C[C@H]4C(=O)O)cc3)cc2)cc1. The van der Waals surface area contributed by atoms with E-state index in [0.717, 1.165) is 30.4 Å². The van der Waals surface area contributed by atoms with Crippen molar-refractivity contribution in [2.24, 2.45) is 11.8 Å². The maximum atomic E-state index is 12.5. The molecule has 0 aromatic heterocycles. The predicted molar refractivity (Wildman–Crippen MR) is 128 cm³/mol. The number of amides is 1. The Morgan fingerprint density at radius 2 is 1.39 bits per heavy atom. The van der Waals surface area contributed by atoms with Crippen molar-refractivity contribution >= 4 is 23.3 Å². The van der Waals surface area contributed by atoms with Gasteiger partial charge in [0.05, 0.1) is 5.92 Å². The van der Waals surface area contributed by atoms with Crippen LogP contribution >= 0.6 is 0 Å². The van der Waals surface area contributed by atoms with Gasteiger partial charge in [0.15, 0.2) is 5.78 Å². The zero-order chi connectivity index (χ0) is 23.4. The molecule has 168 valence electrons. The fourth-order valence-corrected chi connectivity index (χ4v) is 3.95. The van der Waals surface area contributed by atoms with Crippen molar-refractivity contribution in [3.8, 4) is 11.1 Å². The van der Waals surface area contributed by atoms with E-state index in [1.54, 1.807) is 12.1 Å². The van der Waals surface area contributed by atoms with Gasteiger partial charge in [-0.1, -0.05) is 61.9 Å². The molecule has 33 heavy (non-hydrogen) atoms. The van der Waals surface area contributed by atoms with Crippen LogP contribution in [-0.2, 0) is 11.2 Å². The first-order valence-electron chi connectivity index (χ1n) is 11.3. The van der Waals surface area contributed by atoms with Gasteiger partial charge in [0.2, 0.25) is 0 Å². The maximum absolute atomic E-state index is 12.5. The molecule has 1 saturated carbocycles. The molecule has 0 unspecified atom stereocenters. The number of aliphatic carboxylic acids is 1. The number of carboxylic acid groups (broad SMARTS) is 1. The first-order valence-corrected chi connectivity index (χ1v) is 11.3. The van der Waals surface area contributed by atoms with Crippen LogP contribution in [0.1, 0.15) is 52.5 Å². The van der Waals surface area contributed by atoms with Crippen molar-refractivity contribution in [2.75, 3.05) is 5.32 Å². The zero-order valence-electron chi connectivity index (χ0n) is 18.6. The zero-order valence-corrected chi connectivity index (χ0v) is 18.6. The van der Waals surface area contributed by atoms with Crippen LogP contribution in [-0.4, -0.2) is 22.8 Å². The molecule has 0 bridgehead atoms. The molecule has 5 heteroatoms. The van der Waals surface area contributed by atoms with Crippen LogP contribution in [0.2, 0.25) is 0 Å². The van der Waals surface area contributed by atoms with Gasteiger partial charge >= 0.3 is 5.97 Å². The lowest BCUT2D eigenvalue weighted by molar-refractivity contribution is -0.138. The molecular formula is C28H27NO4. The second-order valence-electron chi connectivity index (χ2n) is 8.56. The highest BCUT2D eigenvalue weighted by Crippen LogP contribution is 2.41. The topological polar surface area (TPSA) is 83.5 Å². The molecule has 0 spiro atoms. The lowest BCUT2D eigenvalue weighted by Crippen LogP contribution is -2.11. The van der Waals surface area contributed by atoms with Crippen molar-refractivity contribution in [3.05, 3.63) is 89.5 Å². The summed E-state index contributed by atoms with van der Waals surface area (Å²) in [6.07, 6.45) is 3.74. The average molecular weight is 442 g/mol. The van der Waals surface area contributed by atoms with E-state index >= 15 is 0 Å². The summed E-state index contributed by atoms with van der Waals surface area (Å²) in [4.78, 5) is 35.9. The van der Waals surface area contributed by atoms with Crippen molar-refractivity contribution < 1.29 is 19.5 Å². The smallest absolute Gasteiger partial charge is 0.307 e. The number of benzene rings is 3. The van der Waals surface area contributed by atoms with Gasteiger partial charge in [-0.3, -0.25) is 14.4 Å². The van der Waals surface area contributed by atoms with E-state index < -0.39 is 17.8 Å². The molecule has 0 heterocycles. The van der Waals surface area contributed by atoms with Gasteiger partial charge in [0.1, 0.15) is 0 Å². The Morgan fingerprint density at radius 1 is 0.818 bits per heavy atom. The second kappa shape index (κ2) is 9.82. The Hall–Kier alpha value is -3.73. The van der Waals surface area contributed by atoms with E-state index in [0.29, 0.717) is 23.2 Å². The Kier molecular flexibility index (Phi) is 6.68. The summed E-state index contributed by atoms with van der Waals surface area (Å²) in [5.74, 6) is -2.10. The Labute approximate surface area is 193 Å². The molecule has 5 nitrogen and oxygen atoms in total. The van der Waals surface area contributed by atoms with Crippen LogP contribution in [0.15, 0.2) is 72.8 Å². The van der Waals surface area contributed by atoms with Crippen molar-refractivity contribution in [3.63, 3.8) is 0 Å². The number of carboxylic acids is 1. The Morgan fingerprint density at radius 3 is 1.94 bits per heavy atom. The summed E-state index contributed by atoms with van der Waals surface area (Å²) < 4.78 is 0. The summed E-state index contributed by atoms with van der Waals surface area (Å²) in [7, 11) is 0. The number of carbonyl (C=O) groups is 3. The molecule has 4 rings (SSSR count). The highest BCUT2D eigenvalue weighted by atomic mass is 16.4. The molecule has 2 N–H and O–H groups in total. The van der Waals surface area contributed by atoms with Gasteiger partial charge in [-0.2, -0.15) is 0 Å². The van der Waals surface area contributed by atoms with Crippen LogP contribution in [0.5, 0.6) is 0 Å². The summed E-state index contributed by atoms with van der Waals surface area (Å²) in [6.45, 7) is 2.16. The van der Waals surface area contributed by atoms with Gasteiger partial charge in [0.25, 0.3) is 5.91 Å². The lowest BCUT2D eigenvalue weighted by atomic mass is 10.00. The minimum Gasteiger partial charge on any atom is -0.481 e. The van der Waals surface area contributed by atoms with E-state index in [2.05, 4.69) is 12.2 Å². The number of carbonyl (C=O) groups excluding carboxylic acids is 2. The Bertz CT molecular complexity index is 1150. The van der Waals surface area contributed by atoms with E-state index in [-0.39, 0.29) is 11.7 Å². The number of anilines is 1. The number of nitrogens with one attached hydrogen (secondary N) is 1. The largest absolute Gasteiger partial charge is 0.481 e. The maximum Gasteiger partial charge on any atom is 0.307 e. The van der Waals surface area contributed by atoms with Crippen LogP contribution in [0.3, 0.4) is 0 Å². The molecule has 2 atom stereocenters. The van der Waals surface area contributed by atoms with E-state index in [1.165, 1.54) is 5.56 Å². The van der Waals surface area contributed by atoms with Crippen molar-refractivity contribution in [1.29, 1.82) is 0 Å². The highest BCUT2D eigenvalue weighted by Gasteiger charge is 2.48. The summed E-state index contributed by atoms with van der Waals surface area (Å²) in [5.41, 5.74) is 5.01. The number of ketones is 1. The van der Waals surface area contributed by atoms with E-state index in [1.807, 2.05) is 60.7 Å². The fraction of sp³-hybridized carbons (Fsp3) is 0.250. The molecule has 3 aromatic rings. The van der Waals surface area contributed by atoms with Gasteiger partial charge in [-0.05, 0) is 60.2 Å². The third kappa shape index (κ3) is 5.37. The first kappa shape index (κ1) is 22.5. The van der Waals surface area contributed by atoms with Crippen molar-refractivity contribution in [2.45, 2.75) is 32.6 Å². The van der Waals surface area contributed by atoms with Gasteiger partial charge < -0.3 is 10.4 Å². The number of aryl methyl sites for hydroxylation is 1. The lowest BCUT2D eigenvalue weighted by Gasteiger charge is -2.08. The Balaban J connectivity index is 1.36. The van der Waals surface area contributed by atoms with Gasteiger partial charge in [0, 0.05) is 22.7 Å². The fourth-order valence-electron chi connectivity index (χ4n) is 3.95. The second-order valence-corrected chi connectivity index (χ2v) is 8.56. The number of rotatable bonds is 9. The molecule has 1 amide bonds. The quantitative estimate of drug-likeness (QED) is 0.408. The van der Waals surface area contributed by atoms with Gasteiger partial charge in [-0.15, -0.1) is 0 Å². The van der Waals surface area contributed by atoms with Crippen molar-refractivity contribution in [1.82, 2.24) is 0 Å². The first-order chi connectivity index (χ1) is 16.0. The molecular weight excluding hydrogens is 414 g/mol. The molecule has 0 radical (unpaired) electrons. The normalized spacial score (nSPS) is 16.8. The molecule has 1 fully saturated rings. The highest BCUT2D eigenvalue weighted by molar-refractivity contribution is 6.04. The number of hydrogen-bond acceptors (Lipinski definition) is 3. The van der Waals surface area contributed by atoms with Gasteiger partial charge in [-0.25, -0.2) is 0 Å². The predicted octanol–water partition coefficient (Wildman–Crippen LogP) is 5.85. The average Bonchev–Trinajstić information content (AvgIpc) is 3.65. The molecule has 1 aliphatic rings. The minimum atomic E-state index is -0.902. The van der Waals surface area contributed by atoms with E-state index in [4.69, 9.17) is 5.11 Å². The third-order valence-electron chi connectivity index (χ3n) is 6.13. The van der Waals surface area contributed by atoms with E-state index in [9.17, 15) is 14.4 Å². The molecule has 1 aliphatic carbocycles. The molecule has 3 aromatic carbocycles. The number of Topliss-reactive ketones (excluding diaryl/α,β-unsaturated/α-hetero) is 1. The molecule has 0 aliphatic heterocycles. The summed E-state index contributed by atoms with van der Waals surface area (Å²) in [5, 5.41) is 11.9. The third-order valence-corrected chi connectivity index (χ3v) is 6.13. The summed E-state index contributed by atoms with van der Waals surface area (Å²) in [6, 6.07) is 22.5. The standard InChI is InChI=1S/C28H27NO4/c1-2-3-4-18-5-7-22(8-6-18)27(31)29-23-15-13-20(14-16-23)19-9-11-21(12-10-19)26(30)24-17-25(24)28(32)33/h5-16,24-25H,2-4,17H2,1H3,(H,29,31)(H,32,33)/t24-,25-/m1/s1. The van der Waals surface area contributed by atoms with Crippen LogP contribution in [0.25, 0.3) is 11.1 Å². The minimum absolute atomic E-state index is 0.106. The number of hydrogen-bond donors (Lipinski definition) is 2. The van der Waals surface area contributed by atoms with Crippen LogP contribution < -0.4 is 5.32 Å². The van der Waals surface area contributed by atoms with Crippen LogP contribution in [0, 0.1) is 11.8 Å².